The second kappa shape index (κ2) is 7.48. The Kier molecular flexibility index (Phi) is 6.20. The molecule has 2 nitrogen and oxygen atoms in total. The molecule has 0 radical (unpaired) electrons. The maximum Gasteiger partial charge on any atom is 0.225 e. The van der Waals surface area contributed by atoms with E-state index in [1.165, 1.54) is 25.7 Å². The van der Waals surface area contributed by atoms with E-state index in [0.717, 1.165) is 25.8 Å². The first-order valence-corrected chi connectivity index (χ1v) is 6.65. The topological polar surface area (TPSA) is 20.3 Å². The molecule has 16 heavy (non-hydrogen) atoms. The smallest absolute Gasteiger partial charge is 0.225 e. The quantitative estimate of drug-likeness (QED) is 0.456. The van der Waals surface area contributed by atoms with Gasteiger partial charge in [-0.25, -0.2) is 0 Å². The molecule has 1 aliphatic carbocycles. The van der Waals surface area contributed by atoms with Gasteiger partial charge < -0.3 is 4.90 Å². The second-order valence-electron chi connectivity index (χ2n) is 4.81. The van der Waals surface area contributed by atoms with Crippen LogP contribution in [0.3, 0.4) is 0 Å². The third-order valence-corrected chi connectivity index (χ3v) is 3.07. The SMILES string of the molecule is CCCCCC/C=C/CN(C)C(=O)C1CC1. The third kappa shape index (κ3) is 5.34. The Bertz CT molecular complexity index is 231. The second-order valence-corrected chi connectivity index (χ2v) is 4.81. The zero-order chi connectivity index (χ0) is 11.8. The van der Waals surface area contributed by atoms with Crippen molar-refractivity contribution < 1.29 is 4.79 Å². The zero-order valence-corrected chi connectivity index (χ0v) is 10.7. The lowest BCUT2D eigenvalue weighted by molar-refractivity contribution is -0.130. The maximum absolute atomic E-state index is 11.6. The molecule has 0 heterocycles. The van der Waals surface area contributed by atoms with Gasteiger partial charge in [-0.05, 0) is 25.7 Å². The Morgan fingerprint density at radius 3 is 2.62 bits per heavy atom. The minimum atomic E-state index is 0.329. The molecule has 92 valence electrons. The number of rotatable bonds is 8. The molecule has 1 saturated carbocycles. The maximum atomic E-state index is 11.6. The van der Waals surface area contributed by atoms with E-state index in [4.69, 9.17) is 0 Å². The van der Waals surface area contributed by atoms with Crippen molar-refractivity contribution >= 4 is 5.91 Å². The van der Waals surface area contributed by atoms with E-state index in [1.54, 1.807) is 0 Å². The average molecular weight is 223 g/mol. The van der Waals surface area contributed by atoms with E-state index in [0.29, 0.717) is 11.8 Å². The molecule has 0 atom stereocenters. The van der Waals surface area contributed by atoms with Crippen molar-refractivity contribution in [2.45, 2.75) is 51.9 Å². The van der Waals surface area contributed by atoms with Crippen LogP contribution in [0.2, 0.25) is 0 Å². The lowest BCUT2D eigenvalue weighted by Gasteiger charge is -2.13. The molecule has 0 aromatic heterocycles. The monoisotopic (exact) mass is 223 g/mol. The van der Waals surface area contributed by atoms with E-state index in [2.05, 4.69) is 19.1 Å². The standard InChI is InChI=1S/C14H25NO/c1-3-4-5-6-7-8-9-12-15(2)14(16)13-10-11-13/h8-9,13H,3-7,10-12H2,1-2H3/b9-8+. The largest absolute Gasteiger partial charge is 0.342 e. The summed E-state index contributed by atoms with van der Waals surface area (Å²) < 4.78 is 0. The Labute approximate surface area is 99.7 Å². The number of hydrogen-bond donors (Lipinski definition) is 0. The summed E-state index contributed by atoms with van der Waals surface area (Å²) >= 11 is 0. The van der Waals surface area contributed by atoms with Gasteiger partial charge in [-0.15, -0.1) is 0 Å². The molecule has 0 bridgehead atoms. The number of hydrogen-bond acceptors (Lipinski definition) is 1. The van der Waals surface area contributed by atoms with Gasteiger partial charge in [0.15, 0.2) is 0 Å². The van der Waals surface area contributed by atoms with Crippen molar-refractivity contribution in [1.82, 2.24) is 4.90 Å². The molecule has 0 unspecified atom stereocenters. The number of carbonyl (C=O) groups excluding carboxylic acids is 1. The summed E-state index contributed by atoms with van der Waals surface area (Å²) in [5.41, 5.74) is 0. The fourth-order valence-corrected chi connectivity index (χ4v) is 1.77. The highest BCUT2D eigenvalue weighted by Crippen LogP contribution is 2.30. The van der Waals surface area contributed by atoms with Crippen molar-refractivity contribution in [3.8, 4) is 0 Å². The first-order valence-electron chi connectivity index (χ1n) is 6.65. The van der Waals surface area contributed by atoms with Crippen LogP contribution in [0, 0.1) is 5.92 Å². The fourth-order valence-electron chi connectivity index (χ4n) is 1.77. The summed E-state index contributed by atoms with van der Waals surface area (Å²) in [6.45, 7) is 3.01. The predicted molar refractivity (Wildman–Crippen MR) is 68.3 cm³/mol. The van der Waals surface area contributed by atoms with Crippen LogP contribution in [0.15, 0.2) is 12.2 Å². The zero-order valence-electron chi connectivity index (χ0n) is 10.7. The van der Waals surface area contributed by atoms with Crippen LogP contribution in [-0.4, -0.2) is 24.4 Å². The van der Waals surface area contributed by atoms with Crippen LogP contribution < -0.4 is 0 Å². The molecule has 2 heteroatoms. The van der Waals surface area contributed by atoms with Crippen LogP contribution in [0.1, 0.15) is 51.9 Å². The molecule has 0 saturated heterocycles. The Morgan fingerprint density at radius 1 is 1.25 bits per heavy atom. The van der Waals surface area contributed by atoms with Gasteiger partial charge in [0.2, 0.25) is 5.91 Å². The summed E-state index contributed by atoms with van der Waals surface area (Å²) in [5, 5.41) is 0. The molecular weight excluding hydrogens is 198 g/mol. The Hall–Kier alpha value is -0.790. The summed E-state index contributed by atoms with van der Waals surface area (Å²) in [7, 11) is 1.90. The van der Waals surface area contributed by atoms with Crippen LogP contribution in [0.25, 0.3) is 0 Å². The predicted octanol–water partition coefficient (Wildman–Crippen LogP) is 3.38. The molecule has 1 fully saturated rings. The number of unbranched alkanes of at least 4 members (excludes halogenated alkanes) is 4. The molecule has 0 aromatic carbocycles. The summed E-state index contributed by atoms with van der Waals surface area (Å²) in [4.78, 5) is 13.4. The van der Waals surface area contributed by atoms with Crippen molar-refractivity contribution in [2.75, 3.05) is 13.6 Å². The number of nitrogens with zero attached hydrogens (tertiary/aromatic N) is 1. The first-order chi connectivity index (χ1) is 7.75. The van der Waals surface area contributed by atoms with E-state index < -0.39 is 0 Å². The van der Waals surface area contributed by atoms with E-state index in [1.807, 2.05) is 11.9 Å². The molecule has 1 amide bonds. The van der Waals surface area contributed by atoms with Gasteiger partial charge in [0.25, 0.3) is 0 Å². The van der Waals surface area contributed by atoms with Gasteiger partial charge in [0, 0.05) is 19.5 Å². The van der Waals surface area contributed by atoms with E-state index in [9.17, 15) is 4.79 Å². The van der Waals surface area contributed by atoms with Gasteiger partial charge in [0.05, 0.1) is 0 Å². The van der Waals surface area contributed by atoms with Gasteiger partial charge in [-0.2, -0.15) is 0 Å². The third-order valence-electron chi connectivity index (χ3n) is 3.07. The molecular formula is C14H25NO. The average Bonchev–Trinajstić information content (AvgIpc) is 3.10. The van der Waals surface area contributed by atoms with E-state index in [-0.39, 0.29) is 0 Å². The highest BCUT2D eigenvalue weighted by atomic mass is 16.2. The number of amides is 1. The van der Waals surface area contributed by atoms with Gasteiger partial charge in [-0.3, -0.25) is 4.79 Å². The van der Waals surface area contributed by atoms with Crippen molar-refractivity contribution in [2.24, 2.45) is 5.92 Å². The highest BCUT2D eigenvalue weighted by Gasteiger charge is 2.31. The number of carbonyl (C=O) groups is 1. The van der Waals surface area contributed by atoms with E-state index >= 15 is 0 Å². The van der Waals surface area contributed by atoms with Gasteiger partial charge in [-0.1, -0.05) is 38.3 Å². The van der Waals surface area contributed by atoms with Crippen LogP contribution in [-0.2, 0) is 4.79 Å². The lowest BCUT2D eigenvalue weighted by atomic mass is 10.1. The van der Waals surface area contributed by atoms with Crippen molar-refractivity contribution in [1.29, 1.82) is 0 Å². The molecule has 0 aliphatic heterocycles. The Morgan fingerprint density at radius 2 is 2.00 bits per heavy atom. The van der Waals surface area contributed by atoms with Crippen molar-refractivity contribution in [3.05, 3.63) is 12.2 Å². The summed E-state index contributed by atoms with van der Waals surface area (Å²) in [6, 6.07) is 0. The Balaban J connectivity index is 1.99. The number of likely N-dealkylation sites (N-methyl/N-ethyl adjacent to an activating group) is 1. The molecule has 1 rings (SSSR count). The number of allylic oxidation sites excluding steroid dienone is 1. The summed E-state index contributed by atoms with van der Waals surface area (Å²) in [6.07, 6.45) is 13.0. The summed E-state index contributed by atoms with van der Waals surface area (Å²) in [5.74, 6) is 0.679. The molecule has 0 spiro atoms. The van der Waals surface area contributed by atoms with Crippen molar-refractivity contribution in [3.63, 3.8) is 0 Å². The fraction of sp³-hybridized carbons (Fsp3) is 0.786. The minimum absolute atomic E-state index is 0.329. The molecule has 0 N–H and O–H groups in total. The minimum Gasteiger partial charge on any atom is -0.342 e. The lowest BCUT2D eigenvalue weighted by Crippen LogP contribution is -2.27. The first kappa shape index (κ1) is 13.3. The van der Waals surface area contributed by atoms with Crippen LogP contribution in [0.4, 0.5) is 0 Å². The van der Waals surface area contributed by atoms with Crippen LogP contribution >= 0.6 is 0 Å². The van der Waals surface area contributed by atoms with Gasteiger partial charge >= 0.3 is 0 Å². The molecule has 0 aromatic rings. The van der Waals surface area contributed by atoms with Crippen LogP contribution in [0.5, 0.6) is 0 Å². The molecule has 1 aliphatic rings. The van der Waals surface area contributed by atoms with Gasteiger partial charge in [0.1, 0.15) is 0 Å². The normalized spacial score (nSPS) is 15.6. The highest BCUT2D eigenvalue weighted by molar-refractivity contribution is 5.80.